The maximum absolute atomic E-state index is 10.7. The highest BCUT2D eigenvalue weighted by molar-refractivity contribution is 6.02. The third kappa shape index (κ3) is 1.26. The summed E-state index contributed by atoms with van der Waals surface area (Å²) in [6, 6.07) is 0. The average molecular weight is 154 g/mol. The van der Waals surface area contributed by atoms with Crippen LogP contribution >= 0.6 is 0 Å². The van der Waals surface area contributed by atoms with Crippen molar-refractivity contribution in [3.63, 3.8) is 0 Å². The lowest BCUT2D eigenvalue weighted by Gasteiger charge is -1.89. The van der Waals surface area contributed by atoms with E-state index in [0.717, 1.165) is 0 Å². The molecule has 0 unspecified atom stereocenters. The molecule has 2 N–H and O–H groups in total. The standard InChI is InChI=1S/C6H6N2O3/c1-3(9)4-5(6(10)11)8-2-7-4/h2H,1H3,(H,7,8)(H,10,11). The largest absolute Gasteiger partial charge is 0.476 e. The molecular formula is C6H6N2O3. The van der Waals surface area contributed by atoms with E-state index in [0.29, 0.717) is 0 Å². The number of imidazole rings is 1. The van der Waals surface area contributed by atoms with Gasteiger partial charge < -0.3 is 10.1 Å². The minimum atomic E-state index is -1.20. The third-order valence-corrected chi connectivity index (χ3v) is 1.19. The lowest BCUT2D eigenvalue weighted by Crippen LogP contribution is -2.05. The molecular weight excluding hydrogens is 148 g/mol. The van der Waals surface area contributed by atoms with Crippen molar-refractivity contribution < 1.29 is 14.7 Å². The van der Waals surface area contributed by atoms with Crippen LogP contribution < -0.4 is 0 Å². The number of ketones is 1. The number of nitrogens with zero attached hydrogens (tertiary/aromatic N) is 1. The van der Waals surface area contributed by atoms with E-state index in [1.165, 1.54) is 13.3 Å². The molecule has 5 heteroatoms. The van der Waals surface area contributed by atoms with Crippen LogP contribution in [0.15, 0.2) is 6.33 Å². The molecule has 58 valence electrons. The molecule has 0 aromatic carbocycles. The van der Waals surface area contributed by atoms with E-state index in [2.05, 4.69) is 9.97 Å². The number of carbonyl (C=O) groups is 2. The summed E-state index contributed by atoms with van der Waals surface area (Å²) >= 11 is 0. The molecule has 0 spiro atoms. The van der Waals surface area contributed by atoms with Gasteiger partial charge in [-0.2, -0.15) is 0 Å². The Morgan fingerprint density at radius 2 is 2.27 bits per heavy atom. The van der Waals surface area contributed by atoms with E-state index in [1.807, 2.05) is 0 Å². The summed E-state index contributed by atoms with van der Waals surface area (Å²) in [4.78, 5) is 27.0. The number of rotatable bonds is 2. The number of carboxylic acids is 1. The normalized spacial score (nSPS) is 9.55. The number of aromatic nitrogens is 2. The van der Waals surface area contributed by atoms with E-state index in [4.69, 9.17) is 5.11 Å². The SMILES string of the molecule is CC(=O)c1[nH]cnc1C(=O)O. The van der Waals surface area contributed by atoms with Crippen LogP contribution in [-0.2, 0) is 0 Å². The number of H-pyrrole nitrogens is 1. The van der Waals surface area contributed by atoms with Gasteiger partial charge in [0.05, 0.1) is 6.33 Å². The fraction of sp³-hybridized carbons (Fsp3) is 0.167. The molecule has 1 heterocycles. The molecule has 0 fully saturated rings. The van der Waals surface area contributed by atoms with Crippen LogP contribution in [0.25, 0.3) is 0 Å². The molecule has 0 radical (unpaired) electrons. The Hall–Kier alpha value is -1.65. The fourth-order valence-corrected chi connectivity index (χ4v) is 0.725. The Balaban J connectivity index is 3.16. The van der Waals surface area contributed by atoms with Gasteiger partial charge in [-0.05, 0) is 0 Å². The van der Waals surface area contributed by atoms with E-state index in [1.54, 1.807) is 0 Å². The van der Waals surface area contributed by atoms with Gasteiger partial charge in [0.2, 0.25) is 0 Å². The Morgan fingerprint density at radius 3 is 2.64 bits per heavy atom. The molecule has 0 aliphatic carbocycles. The van der Waals surface area contributed by atoms with E-state index in [9.17, 15) is 9.59 Å². The first-order valence-electron chi connectivity index (χ1n) is 2.90. The maximum Gasteiger partial charge on any atom is 0.356 e. The van der Waals surface area contributed by atoms with Gasteiger partial charge in [0.25, 0.3) is 0 Å². The Labute approximate surface area is 62.1 Å². The highest BCUT2D eigenvalue weighted by Crippen LogP contribution is 2.02. The van der Waals surface area contributed by atoms with E-state index in [-0.39, 0.29) is 17.2 Å². The van der Waals surface area contributed by atoms with Crippen LogP contribution in [0.3, 0.4) is 0 Å². The molecule has 11 heavy (non-hydrogen) atoms. The summed E-state index contributed by atoms with van der Waals surface area (Å²) in [5.74, 6) is -1.53. The molecule has 0 aliphatic rings. The van der Waals surface area contributed by atoms with Gasteiger partial charge >= 0.3 is 5.97 Å². The van der Waals surface area contributed by atoms with Crippen LogP contribution in [0.1, 0.15) is 27.9 Å². The first-order chi connectivity index (χ1) is 5.13. The fourth-order valence-electron chi connectivity index (χ4n) is 0.725. The van der Waals surface area contributed by atoms with Crippen LogP contribution in [-0.4, -0.2) is 26.8 Å². The van der Waals surface area contributed by atoms with Crippen molar-refractivity contribution >= 4 is 11.8 Å². The number of hydrogen-bond acceptors (Lipinski definition) is 3. The summed E-state index contributed by atoms with van der Waals surface area (Å²) in [5, 5.41) is 8.47. The second-order valence-electron chi connectivity index (χ2n) is 1.99. The van der Waals surface area contributed by atoms with Crippen molar-refractivity contribution in [2.24, 2.45) is 0 Å². The van der Waals surface area contributed by atoms with Crippen LogP contribution in [0.2, 0.25) is 0 Å². The molecule has 0 saturated heterocycles. The van der Waals surface area contributed by atoms with Gasteiger partial charge in [0.15, 0.2) is 11.5 Å². The van der Waals surface area contributed by atoms with Crippen LogP contribution in [0.5, 0.6) is 0 Å². The highest BCUT2D eigenvalue weighted by Gasteiger charge is 2.15. The molecule has 0 amide bonds. The van der Waals surface area contributed by atoms with Crippen LogP contribution in [0, 0.1) is 0 Å². The van der Waals surface area contributed by atoms with Gasteiger partial charge in [-0.25, -0.2) is 9.78 Å². The van der Waals surface area contributed by atoms with Gasteiger partial charge in [0.1, 0.15) is 5.69 Å². The topological polar surface area (TPSA) is 83.0 Å². The van der Waals surface area contributed by atoms with Crippen molar-refractivity contribution in [3.8, 4) is 0 Å². The molecule has 1 aromatic heterocycles. The number of Topliss-reactive ketones (excluding diaryl/α,β-unsaturated/α-hetero) is 1. The average Bonchev–Trinajstić information content (AvgIpc) is 2.32. The summed E-state index contributed by atoms with van der Waals surface area (Å²) in [6.45, 7) is 1.28. The van der Waals surface area contributed by atoms with Gasteiger partial charge in [0, 0.05) is 6.92 Å². The summed E-state index contributed by atoms with van der Waals surface area (Å²) < 4.78 is 0. The van der Waals surface area contributed by atoms with E-state index < -0.39 is 5.97 Å². The smallest absolute Gasteiger partial charge is 0.356 e. The Kier molecular flexibility index (Phi) is 1.72. The number of hydrogen-bond donors (Lipinski definition) is 2. The quantitative estimate of drug-likeness (QED) is 0.600. The number of aromatic amines is 1. The molecule has 0 atom stereocenters. The summed E-state index contributed by atoms with van der Waals surface area (Å²) in [5.41, 5.74) is -0.185. The minimum absolute atomic E-state index is 0.0394. The minimum Gasteiger partial charge on any atom is -0.476 e. The zero-order valence-corrected chi connectivity index (χ0v) is 5.79. The molecule has 0 bridgehead atoms. The Bertz CT molecular complexity index is 274. The highest BCUT2D eigenvalue weighted by atomic mass is 16.4. The third-order valence-electron chi connectivity index (χ3n) is 1.19. The van der Waals surface area contributed by atoms with Gasteiger partial charge in [-0.3, -0.25) is 4.79 Å². The zero-order valence-electron chi connectivity index (χ0n) is 5.79. The van der Waals surface area contributed by atoms with Gasteiger partial charge in [-0.1, -0.05) is 0 Å². The number of carbonyl (C=O) groups excluding carboxylic acids is 1. The monoisotopic (exact) mass is 154 g/mol. The number of aromatic carboxylic acids is 1. The predicted molar refractivity (Wildman–Crippen MR) is 35.6 cm³/mol. The lowest BCUT2D eigenvalue weighted by molar-refractivity contribution is 0.0686. The first-order valence-corrected chi connectivity index (χ1v) is 2.90. The zero-order chi connectivity index (χ0) is 8.43. The molecule has 0 aliphatic heterocycles. The molecule has 1 aromatic rings. The van der Waals surface area contributed by atoms with Crippen molar-refractivity contribution in [1.82, 2.24) is 9.97 Å². The van der Waals surface area contributed by atoms with Crippen molar-refractivity contribution in [3.05, 3.63) is 17.7 Å². The number of nitrogens with one attached hydrogen (secondary N) is 1. The summed E-state index contributed by atoms with van der Waals surface area (Å²) in [6.07, 6.45) is 1.18. The van der Waals surface area contributed by atoms with E-state index >= 15 is 0 Å². The van der Waals surface area contributed by atoms with Crippen LogP contribution in [0.4, 0.5) is 0 Å². The molecule has 1 rings (SSSR count). The lowest BCUT2D eigenvalue weighted by atomic mass is 10.2. The molecule has 5 nitrogen and oxygen atoms in total. The van der Waals surface area contributed by atoms with Crippen molar-refractivity contribution in [2.75, 3.05) is 0 Å². The second-order valence-corrected chi connectivity index (χ2v) is 1.99. The number of carboxylic acid groups (broad SMARTS) is 1. The molecule has 0 saturated carbocycles. The predicted octanol–water partition coefficient (Wildman–Crippen LogP) is 0.310. The second kappa shape index (κ2) is 2.53. The summed E-state index contributed by atoms with van der Waals surface area (Å²) in [7, 11) is 0. The van der Waals surface area contributed by atoms with Crippen molar-refractivity contribution in [1.29, 1.82) is 0 Å². The first kappa shape index (κ1) is 7.46. The van der Waals surface area contributed by atoms with Crippen molar-refractivity contribution in [2.45, 2.75) is 6.92 Å². The Morgan fingerprint density at radius 1 is 1.64 bits per heavy atom. The maximum atomic E-state index is 10.7. The van der Waals surface area contributed by atoms with Gasteiger partial charge in [-0.15, -0.1) is 0 Å².